The van der Waals surface area contributed by atoms with Crippen molar-refractivity contribution in [1.29, 1.82) is 0 Å². The van der Waals surface area contributed by atoms with Gasteiger partial charge in [0.25, 0.3) is 0 Å². The first kappa shape index (κ1) is 16.3. The summed E-state index contributed by atoms with van der Waals surface area (Å²) in [5, 5.41) is 3.47. The van der Waals surface area contributed by atoms with Crippen molar-refractivity contribution in [2.75, 3.05) is 32.1 Å². The van der Waals surface area contributed by atoms with Crippen molar-refractivity contribution in [2.24, 2.45) is 0 Å². The summed E-state index contributed by atoms with van der Waals surface area (Å²) in [6.07, 6.45) is 3.84. The number of piperidine rings is 1. The molecule has 0 spiro atoms. The summed E-state index contributed by atoms with van der Waals surface area (Å²) in [6, 6.07) is 6.12. The Morgan fingerprint density at radius 1 is 1.48 bits per heavy atom. The Morgan fingerprint density at radius 3 is 2.95 bits per heavy atom. The average molecular weight is 355 g/mol. The first-order valence-electron chi connectivity index (χ1n) is 7.52. The summed E-state index contributed by atoms with van der Waals surface area (Å²) >= 11 is 3.52. The van der Waals surface area contributed by atoms with Crippen molar-refractivity contribution >= 4 is 27.6 Å². The molecule has 1 aliphatic heterocycles. The van der Waals surface area contributed by atoms with Crippen LogP contribution in [0.1, 0.15) is 36.5 Å². The predicted molar refractivity (Wildman–Crippen MR) is 88.9 cm³/mol. The minimum absolute atomic E-state index is 0.281. The summed E-state index contributed by atoms with van der Waals surface area (Å²) in [7, 11) is 2.18. The van der Waals surface area contributed by atoms with Crippen LogP contribution in [0.2, 0.25) is 0 Å². The zero-order valence-electron chi connectivity index (χ0n) is 12.7. The van der Waals surface area contributed by atoms with Crippen LogP contribution in [0.3, 0.4) is 0 Å². The fourth-order valence-electron chi connectivity index (χ4n) is 2.63. The molecule has 1 aromatic rings. The molecule has 21 heavy (non-hydrogen) atoms. The highest BCUT2D eigenvalue weighted by Gasteiger charge is 2.18. The van der Waals surface area contributed by atoms with E-state index in [4.69, 9.17) is 4.74 Å². The molecule has 1 aromatic carbocycles. The van der Waals surface area contributed by atoms with Gasteiger partial charge >= 0.3 is 5.97 Å². The molecule has 1 aliphatic rings. The molecule has 1 saturated heterocycles. The normalized spacial score (nSPS) is 19.3. The van der Waals surface area contributed by atoms with E-state index in [1.54, 1.807) is 6.07 Å². The van der Waals surface area contributed by atoms with E-state index in [0.29, 0.717) is 18.2 Å². The molecule has 4 nitrogen and oxygen atoms in total. The van der Waals surface area contributed by atoms with Gasteiger partial charge in [-0.3, -0.25) is 0 Å². The van der Waals surface area contributed by atoms with E-state index >= 15 is 0 Å². The first-order chi connectivity index (χ1) is 10.1. The largest absolute Gasteiger partial charge is 0.462 e. The van der Waals surface area contributed by atoms with Crippen LogP contribution in [0, 0.1) is 0 Å². The van der Waals surface area contributed by atoms with Crippen molar-refractivity contribution in [3.63, 3.8) is 0 Å². The van der Waals surface area contributed by atoms with Crippen LogP contribution in [0.25, 0.3) is 0 Å². The van der Waals surface area contributed by atoms with Crippen LogP contribution in [0.5, 0.6) is 0 Å². The van der Waals surface area contributed by atoms with Crippen molar-refractivity contribution < 1.29 is 9.53 Å². The highest BCUT2D eigenvalue weighted by atomic mass is 79.9. The molecule has 0 aliphatic carbocycles. The Kier molecular flexibility index (Phi) is 6.06. The second-order valence-electron chi connectivity index (χ2n) is 5.43. The third kappa shape index (κ3) is 4.45. The molecule has 0 bridgehead atoms. The summed E-state index contributed by atoms with van der Waals surface area (Å²) < 4.78 is 5.90. The molecule has 0 radical (unpaired) electrons. The number of nitrogens with zero attached hydrogens (tertiary/aromatic N) is 1. The quantitative estimate of drug-likeness (QED) is 0.821. The molecule has 1 heterocycles. The average Bonchev–Trinajstić information content (AvgIpc) is 2.47. The number of likely N-dealkylation sites (N-methyl/N-ethyl adjacent to an activating group) is 1. The van der Waals surface area contributed by atoms with E-state index in [-0.39, 0.29) is 5.97 Å². The molecule has 0 amide bonds. The van der Waals surface area contributed by atoms with Gasteiger partial charge in [0.1, 0.15) is 0 Å². The van der Waals surface area contributed by atoms with Crippen LogP contribution in [-0.2, 0) is 4.74 Å². The van der Waals surface area contributed by atoms with Crippen LogP contribution < -0.4 is 5.32 Å². The molecule has 1 fully saturated rings. The lowest BCUT2D eigenvalue weighted by Gasteiger charge is -2.32. The van der Waals surface area contributed by atoms with E-state index in [0.717, 1.165) is 16.7 Å². The number of carbonyl (C=O) groups excluding carboxylic acids is 1. The minimum atomic E-state index is -0.281. The lowest BCUT2D eigenvalue weighted by atomic mass is 10.0. The number of ether oxygens (including phenoxy) is 1. The number of carbonyl (C=O) groups is 1. The van der Waals surface area contributed by atoms with Gasteiger partial charge in [-0.15, -0.1) is 0 Å². The van der Waals surface area contributed by atoms with Gasteiger partial charge < -0.3 is 15.0 Å². The van der Waals surface area contributed by atoms with E-state index in [2.05, 4.69) is 33.2 Å². The van der Waals surface area contributed by atoms with Crippen LogP contribution in [0.15, 0.2) is 22.7 Å². The third-order valence-electron chi connectivity index (χ3n) is 3.93. The number of esters is 1. The van der Waals surface area contributed by atoms with Gasteiger partial charge in [-0.1, -0.05) is 6.42 Å². The van der Waals surface area contributed by atoms with Gasteiger partial charge in [0, 0.05) is 22.7 Å². The summed E-state index contributed by atoms with van der Waals surface area (Å²) in [6.45, 7) is 4.30. The molecule has 1 atom stereocenters. The maximum Gasteiger partial charge on any atom is 0.338 e. The van der Waals surface area contributed by atoms with Gasteiger partial charge in [0.15, 0.2) is 0 Å². The topological polar surface area (TPSA) is 41.6 Å². The van der Waals surface area contributed by atoms with Crippen LogP contribution in [0.4, 0.5) is 5.69 Å². The van der Waals surface area contributed by atoms with Crippen molar-refractivity contribution in [3.8, 4) is 0 Å². The van der Waals surface area contributed by atoms with E-state index in [1.807, 2.05) is 19.1 Å². The van der Waals surface area contributed by atoms with Crippen LogP contribution >= 0.6 is 15.9 Å². The van der Waals surface area contributed by atoms with E-state index < -0.39 is 0 Å². The smallest absolute Gasteiger partial charge is 0.338 e. The zero-order valence-corrected chi connectivity index (χ0v) is 14.3. The van der Waals surface area contributed by atoms with Gasteiger partial charge in [0.05, 0.1) is 12.2 Å². The molecular weight excluding hydrogens is 332 g/mol. The van der Waals surface area contributed by atoms with E-state index in [9.17, 15) is 4.79 Å². The fourth-order valence-corrected chi connectivity index (χ4v) is 3.15. The lowest BCUT2D eigenvalue weighted by Crippen LogP contribution is -2.40. The van der Waals surface area contributed by atoms with Gasteiger partial charge in [-0.2, -0.15) is 0 Å². The third-order valence-corrected chi connectivity index (χ3v) is 4.59. The molecule has 116 valence electrons. The van der Waals surface area contributed by atoms with Gasteiger partial charge in [-0.25, -0.2) is 4.79 Å². The van der Waals surface area contributed by atoms with E-state index in [1.165, 1.54) is 25.8 Å². The lowest BCUT2D eigenvalue weighted by molar-refractivity contribution is 0.0526. The highest BCUT2D eigenvalue weighted by molar-refractivity contribution is 9.10. The molecule has 0 aromatic heterocycles. The number of likely N-dealkylation sites (tertiary alicyclic amines) is 1. The molecule has 0 saturated carbocycles. The Balaban J connectivity index is 1.96. The predicted octanol–water partition coefficient (Wildman–Crippen LogP) is 3.52. The van der Waals surface area contributed by atoms with Gasteiger partial charge in [-0.05, 0) is 67.5 Å². The molecule has 5 heteroatoms. The van der Waals surface area contributed by atoms with Crippen LogP contribution in [-0.4, -0.2) is 43.7 Å². The fraction of sp³-hybridized carbons (Fsp3) is 0.562. The zero-order chi connectivity index (χ0) is 15.2. The van der Waals surface area contributed by atoms with Crippen molar-refractivity contribution in [1.82, 2.24) is 4.90 Å². The molecule has 2 rings (SSSR count). The second-order valence-corrected chi connectivity index (χ2v) is 6.28. The number of nitrogens with one attached hydrogen (secondary N) is 1. The number of hydrogen-bond donors (Lipinski definition) is 1. The highest BCUT2D eigenvalue weighted by Crippen LogP contribution is 2.25. The number of anilines is 1. The molecular formula is C16H23BrN2O2. The Bertz CT molecular complexity index is 493. The minimum Gasteiger partial charge on any atom is -0.462 e. The standard InChI is InChI=1S/C16H23BrN2O2/c1-3-21-16(20)12-7-8-15(14(17)10-12)18-11-13-6-4-5-9-19(13)2/h7-8,10,13,18H,3-6,9,11H2,1-2H3. The first-order valence-corrected chi connectivity index (χ1v) is 8.32. The monoisotopic (exact) mass is 354 g/mol. The maximum absolute atomic E-state index is 11.7. The van der Waals surface area contributed by atoms with Crippen molar-refractivity contribution in [2.45, 2.75) is 32.2 Å². The Labute approximate surface area is 135 Å². The number of halogens is 1. The summed E-state index contributed by atoms with van der Waals surface area (Å²) in [5.41, 5.74) is 1.59. The molecule has 1 N–H and O–H groups in total. The summed E-state index contributed by atoms with van der Waals surface area (Å²) in [5.74, 6) is -0.281. The number of benzene rings is 1. The Hall–Kier alpha value is -1.07. The molecule has 1 unspecified atom stereocenters. The number of hydrogen-bond acceptors (Lipinski definition) is 4. The van der Waals surface area contributed by atoms with Gasteiger partial charge in [0.2, 0.25) is 0 Å². The number of rotatable bonds is 5. The SMILES string of the molecule is CCOC(=O)c1ccc(NCC2CCCCN2C)c(Br)c1. The Morgan fingerprint density at radius 2 is 2.29 bits per heavy atom. The second kappa shape index (κ2) is 7.80. The van der Waals surface area contributed by atoms with Crippen molar-refractivity contribution in [3.05, 3.63) is 28.2 Å². The summed E-state index contributed by atoms with van der Waals surface area (Å²) in [4.78, 5) is 14.1. The maximum atomic E-state index is 11.7.